The van der Waals surface area contributed by atoms with Crippen molar-refractivity contribution in [3.8, 4) is 0 Å². The molecule has 5 heteroatoms. The van der Waals surface area contributed by atoms with Crippen molar-refractivity contribution in [2.45, 2.75) is 31.8 Å². The van der Waals surface area contributed by atoms with E-state index in [4.69, 9.17) is 5.73 Å². The molecule has 1 aromatic carbocycles. The van der Waals surface area contributed by atoms with Crippen LogP contribution < -0.4 is 11.1 Å². The van der Waals surface area contributed by atoms with Gasteiger partial charge < -0.3 is 11.1 Å². The summed E-state index contributed by atoms with van der Waals surface area (Å²) in [6, 6.07) is 2.59. The minimum Gasteiger partial charge on any atom is -0.352 e. The zero-order chi connectivity index (χ0) is 14.4. The Balaban J connectivity index is 2.63. The van der Waals surface area contributed by atoms with E-state index in [0.29, 0.717) is 6.42 Å². The molecular formula is C14H18F2N2O. The van der Waals surface area contributed by atoms with Crippen molar-refractivity contribution in [3.63, 3.8) is 0 Å². The van der Waals surface area contributed by atoms with E-state index in [2.05, 4.69) is 11.9 Å². The quantitative estimate of drug-likeness (QED) is 0.774. The zero-order valence-corrected chi connectivity index (χ0v) is 10.8. The molecule has 0 aliphatic heterocycles. The second-order valence-electron chi connectivity index (χ2n) is 4.44. The summed E-state index contributed by atoms with van der Waals surface area (Å²) >= 11 is 0. The van der Waals surface area contributed by atoms with Gasteiger partial charge in [-0.05, 0) is 31.9 Å². The summed E-state index contributed by atoms with van der Waals surface area (Å²) in [5.41, 5.74) is 5.56. The third kappa shape index (κ3) is 4.44. The normalized spacial score (nSPS) is 13.7. The Morgan fingerprint density at radius 1 is 1.47 bits per heavy atom. The second kappa shape index (κ2) is 6.99. The molecule has 0 bridgehead atoms. The summed E-state index contributed by atoms with van der Waals surface area (Å²) in [6.07, 6.45) is 1.98. The number of benzene rings is 1. The third-order valence-electron chi connectivity index (χ3n) is 2.72. The van der Waals surface area contributed by atoms with Gasteiger partial charge in [0.15, 0.2) is 0 Å². The lowest BCUT2D eigenvalue weighted by molar-refractivity contribution is -0.122. The van der Waals surface area contributed by atoms with Crippen LogP contribution in [0.4, 0.5) is 8.78 Å². The number of carbonyl (C=O) groups excluding carboxylic acids is 1. The molecule has 0 aromatic heterocycles. The van der Waals surface area contributed by atoms with E-state index in [1.165, 1.54) is 18.2 Å². The van der Waals surface area contributed by atoms with Crippen molar-refractivity contribution >= 4 is 5.91 Å². The standard InChI is InChI=1S/C14H18F2N2O/c1-3-5-13(17)14(19)18-9(2)8-10-11(15)6-4-7-12(10)16/h3-4,6-7,9,13H,1,5,8,17H2,2H3,(H,18,19). The van der Waals surface area contributed by atoms with Gasteiger partial charge in [-0.15, -0.1) is 6.58 Å². The van der Waals surface area contributed by atoms with Crippen molar-refractivity contribution in [1.82, 2.24) is 5.32 Å². The summed E-state index contributed by atoms with van der Waals surface area (Å²) in [7, 11) is 0. The first-order valence-corrected chi connectivity index (χ1v) is 6.05. The molecule has 0 fully saturated rings. The highest BCUT2D eigenvalue weighted by Gasteiger charge is 2.17. The SMILES string of the molecule is C=CCC(N)C(=O)NC(C)Cc1c(F)cccc1F. The highest BCUT2D eigenvalue weighted by molar-refractivity contribution is 5.81. The third-order valence-corrected chi connectivity index (χ3v) is 2.72. The molecule has 1 aromatic rings. The van der Waals surface area contributed by atoms with E-state index in [1.807, 2.05) is 0 Å². The molecule has 2 atom stereocenters. The maximum atomic E-state index is 13.4. The Labute approximate surface area is 111 Å². The van der Waals surface area contributed by atoms with Gasteiger partial charge in [-0.1, -0.05) is 12.1 Å². The molecule has 3 N–H and O–H groups in total. The number of hydrogen-bond acceptors (Lipinski definition) is 2. The van der Waals surface area contributed by atoms with Gasteiger partial charge in [-0.3, -0.25) is 4.79 Å². The van der Waals surface area contributed by atoms with E-state index < -0.39 is 23.7 Å². The fraction of sp³-hybridized carbons (Fsp3) is 0.357. The maximum absolute atomic E-state index is 13.4. The lowest BCUT2D eigenvalue weighted by atomic mass is 10.1. The highest BCUT2D eigenvalue weighted by Crippen LogP contribution is 2.14. The molecule has 0 saturated heterocycles. The second-order valence-corrected chi connectivity index (χ2v) is 4.44. The Hall–Kier alpha value is -1.75. The Kier molecular flexibility index (Phi) is 5.63. The molecule has 0 spiro atoms. The summed E-state index contributed by atoms with van der Waals surface area (Å²) in [5, 5.41) is 2.62. The Bertz CT molecular complexity index is 443. The average molecular weight is 268 g/mol. The van der Waals surface area contributed by atoms with Gasteiger partial charge in [0.1, 0.15) is 11.6 Å². The van der Waals surface area contributed by atoms with Crippen LogP contribution in [0.2, 0.25) is 0 Å². The topological polar surface area (TPSA) is 55.1 Å². The minimum absolute atomic E-state index is 0.0346. The van der Waals surface area contributed by atoms with Crippen LogP contribution >= 0.6 is 0 Å². The van der Waals surface area contributed by atoms with Gasteiger partial charge in [0.2, 0.25) is 5.91 Å². The first kappa shape index (κ1) is 15.3. The van der Waals surface area contributed by atoms with Crippen LogP contribution in [0.3, 0.4) is 0 Å². The molecule has 0 aliphatic rings. The van der Waals surface area contributed by atoms with E-state index >= 15 is 0 Å². The number of rotatable bonds is 6. The molecule has 2 unspecified atom stereocenters. The van der Waals surface area contributed by atoms with Crippen molar-refractivity contribution in [3.05, 3.63) is 48.1 Å². The van der Waals surface area contributed by atoms with Crippen molar-refractivity contribution < 1.29 is 13.6 Å². The molecule has 0 radical (unpaired) electrons. The summed E-state index contributed by atoms with van der Waals surface area (Å²) in [6.45, 7) is 5.17. The highest BCUT2D eigenvalue weighted by atomic mass is 19.1. The van der Waals surface area contributed by atoms with Crippen LogP contribution in [0.15, 0.2) is 30.9 Å². The van der Waals surface area contributed by atoms with Gasteiger partial charge in [-0.2, -0.15) is 0 Å². The minimum atomic E-state index is -0.689. The molecule has 19 heavy (non-hydrogen) atoms. The summed E-state index contributed by atoms with van der Waals surface area (Å²) in [5.74, 6) is -1.59. The van der Waals surface area contributed by atoms with E-state index in [0.717, 1.165) is 0 Å². The number of nitrogens with two attached hydrogens (primary N) is 1. The lowest BCUT2D eigenvalue weighted by Crippen LogP contribution is -2.45. The van der Waals surface area contributed by atoms with Gasteiger partial charge >= 0.3 is 0 Å². The predicted molar refractivity (Wildman–Crippen MR) is 70.5 cm³/mol. The van der Waals surface area contributed by atoms with Crippen molar-refractivity contribution in [2.24, 2.45) is 5.73 Å². The van der Waals surface area contributed by atoms with Crippen molar-refractivity contribution in [1.29, 1.82) is 0 Å². The lowest BCUT2D eigenvalue weighted by Gasteiger charge is -2.17. The monoisotopic (exact) mass is 268 g/mol. The molecule has 0 heterocycles. The first-order valence-electron chi connectivity index (χ1n) is 6.05. The fourth-order valence-electron chi connectivity index (χ4n) is 1.72. The number of carbonyl (C=O) groups is 1. The maximum Gasteiger partial charge on any atom is 0.237 e. The van der Waals surface area contributed by atoms with Crippen LogP contribution in [0, 0.1) is 11.6 Å². The van der Waals surface area contributed by atoms with Crippen LogP contribution in [0.5, 0.6) is 0 Å². The molecule has 0 aliphatic carbocycles. The first-order chi connectivity index (χ1) is 8.95. The van der Waals surface area contributed by atoms with Crippen LogP contribution in [0.1, 0.15) is 18.9 Å². The number of halogens is 2. The van der Waals surface area contributed by atoms with Crippen LogP contribution in [0.25, 0.3) is 0 Å². The van der Waals surface area contributed by atoms with Gasteiger partial charge in [0.05, 0.1) is 6.04 Å². The Morgan fingerprint density at radius 2 is 2.05 bits per heavy atom. The number of amides is 1. The smallest absolute Gasteiger partial charge is 0.237 e. The van der Waals surface area contributed by atoms with E-state index in [1.54, 1.807) is 13.0 Å². The zero-order valence-electron chi connectivity index (χ0n) is 10.8. The fourth-order valence-corrected chi connectivity index (χ4v) is 1.72. The molecule has 1 rings (SSSR count). The molecule has 104 valence electrons. The Morgan fingerprint density at radius 3 is 2.58 bits per heavy atom. The number of nitrogens with one attached hydrogen (secondary N) is 1. The summed E-state index contributed by atoms with van der Waals surface area (Å²) in [4.78, 5) is 11.6. The molecule has 1 amide bonds. The predicted octanol–water partition coefficient (Wildman–Crippen LogP) is 1.92. The van der Waals surface area contributed by atoms with Crippen molar-refractivity contribution in [2.75, 3.05) is 0 Å². The van der Waals surface area contributed by atoms with Crippen LogP contribution in [-0.2, 0) is 11.2 Å². The largest absolute Gasteiger partial charge is 0.352 e. The molecule has 3 nitrogen and oxygen atoms in total. The molecule has 0 saturated carbocycles. The van der Waals surface area contributed by atoms with Gasteiger partial charge in [0.25, 0.3) is 0 Å². The molecular weight excluding hydrogens is 250 g/mol. The number of hydrogen-bond donors (Lipinski definition) is 2. The van der Waals surface area contributed by atoms with Crippen LogP contribution in [-0.4, -0.2) is 18.0 Å². The van der Waals surface area contributed by atoms with E-state index in [9.17, 15) is 13.6 Å². The summed E-state index contributed by atoms with van der Waals surface area (Å²) < 4.78 is 26.9. The van der Waals surface area contributed by atoms with E-state index in [-0.39, 0.29) is 17.9 Å². The average Bonchev–Trinajstić information content (AvgIpc) is 2.34. The van der Waals surface area contributed by atoms with Gasteiger partial charge in [0, 0.05) is 11.6 Å². The van der Waals surface area contributed by atoms with Gasteiger partial charge in [-0.25, -0.2) is 8.78 Å².